The maximum absolute atomic E-state index is 13.4. The van der Waals surface area contributed by atoms with Crippen LogP contribution < -0.4 is 5.32 Å². The molecule has 1 aromatic carbocycles. The first-order chi connectivity index (χ1) is 18.0. The second-order valence-electron chi connectivity index (χ2n) is 11.0. The molecule has 8 heteroatoms. The van der Waals surface area contributed by atoms with Crippen molar-refractivity contribution in [3.8, 4) is 11.3 Å². The average molecular weight is 503 g/mol. The first kappa shape index (κ1) is 25.5. The number of benzene rings is 1. The molecule has 2 atom stereocenters. The molecule has 3 heterocycles. The smallest absolute Gasteiger partial charge is 0.224 e. The molecule has 1 spiro atoms. The van der Waals surface area contributed by atoms with Gasteiger partial charge in [-0.25, -0.2) is 4.98 Å². The van der Waals surface area contributed by atoms with Gasteiger partial charge in [0.2, 0.25) is 5.91 Å². The number of nitrogens with one attached hydrogen (secondary N) is 2. The lowest BCUT2D eigenvalue weighted by Crippen LogP contribution is -2.36. The van der Waals surface area contributed by atoms with Crippen molar-refractivity contribution in [1.29, 1.82) is 0 Å². The van der Waals surface area contributed by atoms with E-state index in [0.717, 1.165) is 86.0 Å². The fourth-order valence-electron chi connectivity index (χ4n) is 5.72. The number of Topliss-reactive ketones (excluding diaryl/α,β-unsaturated/α-hetero) is 1. The summed E-state index contributed by atoms with van der Waals surface area (Å²) < 4.78 is 0. The van der Waals surface area contributed by atoms with Crippen LogP contribution in [0.3, 0.4) is 0 Å². The third-order valence-electron chi connectivity index (χ3n) is 8.40. The van der Waals surface area contributed by atoms with E-state index in [2.05, 4.69) is 38.5 Å². The van der Waals surface area contributed by atoms with Gasteiger partial charge in [-0.3, -0.25) is 9.59 Å². The molecule has 1 aliphatic heterocycles. The summed E-state index contributed by atoms with van der Waals surface area (Å²) in [5.74, 6) is 1.39. The number of carbonyl (C=O) groups excluding carboxylic acids is 2. The van der Waals surface area contributed by atoms with Crippen molar-refractivity contribution in [3.63, 3.8) is 0 Å². The number of aromatic amines is 1. The van der Waals surface area contributed by atoms with Crippen molar-refractivity contribution in [3.05, 3.63) is 42.5 Å². The molecule has 3 aromatic rings. The molecule has 1 amide bonds. The quantitative estimate of drug-likeness (QED) is 0.364. The number of hydrogen-bond acceptors (Lipinski definition) is 6. The van der Waals surface area contributed by atoms with Crippen molar-refractivity contribution in [1.82, 2.24) is 30.4 Å². The van der Waals surface area contributed by atoms with Crippen molar-refractivity contribution < 1.29 is 9.59 Å². The predicted molar refractivity (Wildman–Crippen MR) is 144 cm³/mol. The topological polar surface area (TPSA) is 104 Å². The van der Waals surface area contributed by atoms with Gasteiger partial charge in [0.15, 0.2) is 0 Å². The van der Waals surface area contributed by atoms with Crippen LogP contribution in [0.1, 0.15) is 76.6 Å². The number of imidazole rings is 1. The van der Waals surface area contributed by atoms with E-state index >= 15 is 0 Å². The van der Waals surface area contributed by atoms with Crippen LogP contribution in [0.4, 0.5) is 0 Å². The number of carbonyl (C=O) groups is 2. The lowest BCUT2D eigenvalue weighted by Gasteiger charge is -2.30. The third-order valence-corrected chi connectivity index (χ3v) is 8.40. The summed E-state index contributed by atoms with van der Waals surface area (Å²) in [7, 11) is 2.16. The minimum Gasteiger partial charge on any atom is -0.346 e. The maximum Gasteiger partial charge on any atom is 0.224 e. The number of hydrogen-bond donors (Lipinski definition) is 2. The van der Waals surface area contributed by atoms with Crippen molar-refractivity contribution in [2.75, 3.05) is 20.1 Å². The van der Waals surface area contributed by atoms with E-state index in [4.69, 9.17) is 4.98 Å². The molecule has 0 unspecified atom stereocenters. The second kappa shape index (κ2) is 11.1. The van der Waals surface area contributed by atoms with Crippen LogP contribution >= 0.6 is 0 Å². The zero-order chi connectivity index (χ0) is 25.8. The molecule has 2 fully saturated rings. The Bertz CT molecular complexity index is 1250. The number of nitrogens with zero attached hydrogens (tertiary/aromatic N) is 4. The molecule has 2 aromatic heterocycles. The molecule has 0 radical (unpaired) electrons. The minimum absolute atomic E-state index is 0.113. The van der Waals surface area contributed by atoms with Crippen LogP contribution in [0.2, 0.25) is 0 Å². The summed E-state index contributed by atoms with van der Waals surface area (Å²) in [5.41, 5.74) is 2.99. The van der Waals surface area contributed by atoms with Gasteiger partial charge in [-0.2, -0.15) is 10.2 Å². The monoisotopic (exact) mass is 502 g/mol. The van der Waals surface area contributed by atoms with Crippen molar-refractivity contribution in [2.24, 2.45) is 11.3 Å². The van der Waals surface area contributed by atoms with Gasteiger partial charge in [0, 0.05) is 29.7 Å². The Morgan fingerprint density at radius 2 is 2.03 bits per heavy atom. The van der Waals surface area contributed by atoms with E-state index in [1.54, 1.807) is 6.20 Å². The predicted octanol–water partition coefficient (Wildman–Crippen LogP) is 4.84. The highest BCUT2D eigenvalue weighted by Crippen LogP contribution is 2.59. The Hall–Kier alpha value is -3.13. The van der Waals surface area contributed by atoms with Gasteiger partial charge in [-0.15, -0.1) is 0 Å². The summed E-state index contributed by atoms with van der Waals surface area (Å²) in [6.07, 6.45) is 11.6. The standard InChI is InChI=1S/C29H38N6O2/c1-3-22(36)7-5-4-6-8-25(33-28(37)23-18-29(23)12-15-35(2)16-13-29)27-30-19-26(32-27)20-9-10-24-21(17-20)11-14-31-34-24/h9-11,14,17,19,23,25H,3-8,12-13,15-16,18H2,1-2H3,(H,30,32)(H,33,37)/t23-,25+/m1/s1. The largest absolute Gasteiger partial charge is 0.346 e. The van der Waals surface area contributed by atoms with Gasteiger partial charge in [0.1, 0.15) is 11.6 Å². The maximum atomic E-state index is 13.4. The van der Waals surface area contributed by atoms with E-state index in [1.165, 1.54) is 0 Å². The van der Waals surface area contributed by atoms with E-state index < -0.39 is 0 Å². The van der Waals surface area contributed by atoms with Crippen LogP contribution in [-0.4, -0.2) is 56.9 Å². The van der Waals surface area contributed by atoms with Gasteiger partial charge < -0.3 is 15.2 Å². The third kappa shape index (κ3) is 5.90. The van der Waals surface area contributed by atoms with E-state index in [-0.39, 0.29) is 23.3 Å². The molecule has 2 aliphatic rings. The van der Waals surface area contributed by atoms with E-state index in [0.29, 0.717) is 18.6 Å². The number of rotatable bonds is 11. The molecule has 196 valence electrons. The number of ketones is 1. The molecule has 1 aliphatic carbocycles. The molecule has 1 saturated heterocycles. The first-order valence-electron chi connectivity index (χ1n) is 13.7. The number of likely N-dealkylation sites (tertiary alicyclic amines) is 1. The van der Waals surface area contributed by atoms with Gasteiger partial charge in [-0.05, 0) is 75.9 Å². The summed E-state index contributed by atoms with van der Waals surface area (Å²) >= 11 is 0. The van der Waals surface area contributed by atoms with E-state index in [9.17, 15) is 9.59 Å². The van der Waals surface area contributed by atoms with Crippen molar-refractivity contribution in [2.45, 2.75) is 70.8 Å². The highest BCUT2D eigenvalue weighted by atomic mass is 16.2. The number of H-pyrrole nitrogens is 1. The Labute approximate surface area is 218 Å². The Kier molecular flexibility index (Phi) is 7.65. The van der Waals surface area contributed by atoms with Crippen LogP contribution in [0.15, 0.2) is 36.7 Å². The molecule has 1 saturated carbocycles. The van der Waals surface area contributed by atoms with Crippen LogP contribution in [-0.2, 0) is 9.59 Å². The highest BCUT2D eigenvalue weighted by molar-refractivity contribution is 5.84. The number of aromatic nitrogens is 4. The lowest BCUT2D eigenvalue weighted by atomic mass is 9.91. The number of unbranched alkanes of at least 4 members (excludes halogenated alkanes) is 2. The zero-order valence-corrected chi connectivity index (χ0v) is 22.0. The Morgan fingerprint density at radius 1 is 1.19 bits per heavy atom. The molecule has 0 bridgehead atoms. The SMILES string of the molecule is CCC(=O)CCCCC[C@H](NC(=O)[C@H]1CC12CCN(C)CC2)c1ncc(-c2ccc3nnccc3c2)[nH]1. The van der Waals surface area contributed by atoms with Crippen LogP contribution in [0.25, 0.3) is 22.2 Å². The second-order valence-corrected chi connectivity index (χ2v) is 11.0. The zero-order valence-electron chi connectivity index (χ0n) is 22.0. The summed E-state index contributed by atoms with van der Waals surface area (Å²) in [6, 6.07) is 7.83. The Balaban J connectivity index is 1.27. The van der Waals surface area contributed by atoms with Crippen LogP contribution in [0.5, 0.6) is 0 Å². The lowest BCUT2D eigenvalue weighted by molar-refractivity contribution is -0.124. The van der Waals surface area contributed by atoms with Crippen molar-refractivity contribution >= 4 is 22.6 Å². The minimum atomic E-state index is -0.168. The molecular formula is C29H38N6O2. The first-order valence-corrected chi connectivity index (χ1v) is 13.7. The van der Waals surface area contributed by atoms with Gasteiger partial charge in [0.25, 0.3) is 0 Å². The normalized spacial score (nSPS) is 19.7. The molecule has 37 heavy (non-hydrogen) atoms. The summed E-state index contributed by atoms with van der Waals surface area (Å²) in [4.78, 5) is 35.6. The molecule has 5 rings (SSSR count). The highest BCUT2D eigenvalue weighted by Gasteiger charge is 2.58. The molecule has 2 N–H and O–H groups in total. The molecule has 8 nitrogen and oxygen atoms in total. The summed E-state index contributed by atoms with van der Waals surface area (Å²) in [6.45, 7) is 4.06. The fraction of sp³-hybridized carbons (Fsp3) is 0.552. The molecular weight excluding hydrogens is 464 g/mol. The number of amides is 1. The van der Waals surface area contributed by atoms with E-state index in [1.807, 2.05) is 31.3 Å². The number of fused-ring (bicyclic) bond motifs is 1. The van der Waals surface area contributed by atoms with Gasteiger partial charge in [0.05, 0.1) is 29.6 Å². The summed E-state index contributed by atoms with van der Waals surface area (Å²) in [5, 5.41) is 12.5. The van der Waals surface area contributed by atoms with Crippen LogP contribution in [0, 0.1) is 11.3 Å². The number of piperidine rings is 1. The van der Waals surface area contributed by atoms with Gasteiger partial charge in [-0.1, -0.05) is 25.8 Å². The van der Waals surface area contributed by atoms with Gasteiger partial charge >= 0.3 is 0 Å². The average Bonchev–Trinajstić information content (AvgIpc) is 3.40. The fourth-order valence-corrected chi connectivity index (χ4v) is 5.72. The Morgan fingerprint density at radius 3 is 2.84 bits per heavy atom.